The fourth-order valence-corrected chi connectivity index (χ4v) is 2.03. The Morgan fingerprint density at radius 2 is 2.32 bits per heavy atom. The van der Waals surface area contributed by atoms with Gasteiger partial charge in [0.2, 0.25) is 0 Å². The van der Waals surface area contributed by atoms with Gasteiger partial charge in [0.25, 0.3) is 0 Å². The first kappa shape index (κ1) is 13.3. The van der Waals surface area contributed by atoms with Crippen molar-refractivity contribution in [1.29, 1.82) is 0 Å². The average Bonchev–Trinajstić information content (AvgIpc) is 2.87. The highest BCUT2D eigenvalue weighted by atomic mass is 16.5. The molecule has 0 aliphatic carbocycles. The van der Waals surface area contributed by atoms with Gasteiger partial charge >= 0.3 is 11.2 Å². The summed E-state index contributed by atoms with van der Waals surface area (Å²) in [6.45, 7) is 1.39. The maximum absolute atomic E-state index is 12.0. The van der Waals surface area contributed by atoms with Crippen molar-refractivity contribution in [1.82, 2.24) is 9.24 Å². The molecule has 1 aromatic heterocycles. The van der Waals surface area contributed by atoms with Crippen molar-refractivity contribution < 1.29 is 9.84 Å². The molecule has 2 rings (SSSR count). The van der Waals surface area contributed by atoms with E-state index < -0.39 is 17.5 Å². The maximum atomic E-state index is 12.0. The number of aromatic nitrogens is 2. The molecule has 19 heavy (non-hydrogen) atoms. The van der Waals surface area contributed by atoms with Crippen LogP contribution < -0.4 is 11.2 Å². The first-order valence-electron chi connectivity index (χ1n) is 5.75. The van der Waals surface area contributed by atoms with E-state index in [2.05, 4.69) is 10.1 Å². The molecule has 0 aromatic carbocycles. The average molecular weight is 267 g/mol. The fourth-order valence-electron chi connectivity index (χ4n) is 2.03. The van der Waals surface area contributed by atoms with Gasteiger partial charge in [-0.15, -0.1) is 5.53 Å². The summed E-state index contributed by atoms with van der Waals surface area (Å²) in [5.74, 6) is 0. The first-order valence-corrected chi connectivity index (χ1v) is 5.75. The van der Waals surface area contributed by atoms with Gasteiger partial charge in [-0.3, -0.25) is 4.57 Å². The van der Waals surface area contributed by atoms with E-state index in [9.17, 15) is 9.59 Å². The largest absolute Gasteiger partial charge is 0.428 e. The van der Waals surface area contributed by atoms with Crippen LogP contribution in [0.1, 0.15) is 24.6 Å². The van der Waals surface area contributed by atoms with Crippen molar-refractivity contribution in [2.24, 2.45) is 5.22 Å². The predicted molar refractivity (Wildman–Crippen MR) is 64.5 cm³/mol. The third-order valence-electron chi connectivity index (χ3n) is 2.99. The molecule has 2 heterocycles. The van der Waals surface area contributed by atoms with E-state index in [1.165, 1.54) is 17.7 Å². The van der Waals surface area contributed by atoms with E-state index >= 15 is 0 Å². The Morgan fingerprint density at radius 1 is 1.58 bits per heavy atom. The molecule has 0 saturated carbocycles. The minimum atomic E-state index is -0.753. The molecule has 1 N–H and O–H groups in total. The molecule has 9 nitrogen and oxygen atoms in total. The summed E-state index contributed by atoms with van der Waals surface area (Å²) < 4.78 is 7.14. The van der Waals surface area contributed by atoms with Crippen LogP contribution in [0.2, 0.25) is 0 Å². The van der Waals surface area contributed by atoms with Gasteiger partial charge < -0.3 is 9.84 Å². The molecule has 0 radical (unpaired) electrons. The van der Waals surface area contributed by atoms with Gasteiger partial charge in [-0.1, -0.05) is 4.68 Å². The summed E-state index contributed by atoms with van der Waals surface area (Å²) in [5.41, 5.74) is 7.24. The van der Waals surface area contributed by atoms with E-state index in [1.807, 2.05) is 0 Å². The van der Waals surface area contributed by atoms with E-state index in [4.69, 9.17) is 15.4 Å². The number of aliphatic hydroxyl groups excluding tert-OH is 1. The molecular formula is C10H13N5O4. The van der Waals surface area contributed by atoms with Gasteiger partial charge in [0.15, 0.2) is 0 Å². The van der Waals surface area contributed by atoms with Crippen molar-refractivity contribution in [3.8, 4) is 0 Å². The second kappa shape index (κ2) is 5.27. The van der Waals surface area contributed by atoms with Crippen LogP contribution in [0.5, 0.6) is 0 Å². The Kier molecular flexibility index (Phi) is 3.70. The third kappa shape index (κ3) is 2.39. The number of aryl methyl sites for hydroxylation is 1. The second-order valence-corrected chi connectivity index (χ2v) is 4.27. The Bertz CT molecular complexity index is 642. The van der Waals surface area contributed by atoms with Crippen LogP contribution in [0.25, 0.3) is 10.4 Å². The molecule has 102 valence electrons. The Morgan fingerprint density at radius 3 is 2.89 bits per heavy atom. The summed E-state index contributed by atoms with van der Waals surface area (Å²) in [4.78, 5) is 26.2. The van der Waals surface area contributed by atoms with Crippen molar-refractivity contribution in [3.05, 3.63) is 43.0 Å². The first-order chi connectivity index (χ1) is 9.08. The Hall–Kier alpha value is -2.09. The number of hydrogen-bond acceptors (Lipinski definition) is 5. The van der Waals surface area contributed by atoms with Gasteiger partial charge in [0.1, 0.15) is 6.23 Å². The molecule has 2 atom stereocenters. The van der Waals surface area contributed by atoms with Gasteiger partial charge in [0.05, 0.1) is 18.3 Å². The van der Waals surface area contributed by atoms with Gasteiger partial charge in [0, 0.05) is 6.20 Å². The second-order valence-electron chi connectivity index (χ2n) is 4.27. The SMILES string of the molecule is Cc1cn([C@H]2CC[C@@H](CO)O2)c(=O)n(N=[N+]=[N-])c1=O. The van der Waals surface area contributed by atoms with Gasteiger partial charge in [-0.2, -0.15) is 4.91 Å². The molecule has 1 aliphatic heterocycles. The zero-order valence-corrected chi connectivity index (χ0v) is 10.3. The summed E-state index contributed by atoms with van der Waals surface area (Å²) >= 11 is 0. The monoisotopic (exact) mass is 267 g/mol. The molecule has 0 bridgehead atoms. The lowest BCUT2D eigenvalue weighted by Crippen LogP contribution is -2.39. The number of aliphatic hydroxyl groups is 1. The van der Waals surface area contributed by atoms with Crippen LogP contribution in [0.15, 0.2) is 21.0 Å². The van der Waals surface area contributed by atoms with Crippen LogP contribution in [0, 0.1) is 6.92 Å². The van der Waals surface area contributed by atoms with E-state index in [-0.39, 0.29) is 18.3 Å². The van der Waals surface area contributed by atoms with Crippen molar-refractivity contribution >= 4 is 0 Å². The number of ether oxygens (including phenoxy) is 1. The Balaban J connectivity index is 2.51. The molecule has 0 spiro atoms. The highest BCUT2D eigenvalue weighted by Crippen LogP contribution is 2.26. The summed E-state index contributed by atoms with van der Waals surface area (Å²) in [6, 6.07) is 0. The lowest BCUT2D eigenvalue weighted by molar-refractivity contribution is -0.0252. The van der Waals surface area contributed by atoms with Crippen LogP contribution in [0.4, 0.5) is 0 Å². The fraction of sp³-hybridized carbons (Fsp3) is 0.600. The molecular weight excluding hydrogens is 254 g/mol. The molecule has 0 unspecified atom stereocenters. The quantitative estimate of drug-likeness (QED) is 0.472. The zero-order chi connectivity index (χ0) is 14.0. The molecule has 1 fully saturated rings. The van der Waals surface area contributed by atoms with Crippen LogP contribution in [0.3, 0.4) is 0 Å². The van der Waals surface area contributed by atoms with Crippen LogP contribution >= 0.6 is 0 Å². The zero-order valence-electron chi connectivity index (χ0n) is 10.3. The number of rotatable bonds is 3. The molecule has 1 saturated heterocycles. The summed E-state index contributed by atoms with van der Waals surface area (Å²) in [6.07, 6.45) is 1.64. The van der Waals surface area contributed by atoms with Crippen molar-refractivity contribution in [2.75, 3.05) is 6.61 Å². The standard InChI is InChI=1S/C10H13N5O4/c1-6-4-14(8-3-2-7(5-16)19-8)10(18)15(9(6)17)13-12-11/h4,7-8,16H,2-3,5H2,1H3/t7-,8+/m0/s1. The number of hydrogen-bond donors (Lipinski definition) is 1. The molecule has 0 amide bonds. The lowest BCUT2D eigenvalue weighted by Gasteiger charge is -2.14. The predicted octanol–water partition coefficient (Wildman–Crippen LogP) is 0.0617. The molecule has 1 aromatic rings. The normalized spacial score (nSPS) is 22.2. The van der Waals surface area contributed by atoms with Crippen molar-refractivity contribution in [3.63, 3.8) is 0 Å². The van der Waals surface area contributed by atoms with Gasteiger partial charge in [-0.25, -0.2) is 9.59 Å². The summed E-state index contributed by atoms with van der Waals surface area (Å²) in [7, 11) is 0. The van der Waals surface area contributed by atoms with Crippen LogP contribution in [-0.4, -0.2) is 27.1 Å². The van der Waals surface area contributed by atoms with Gasteiger partial charge in [-0.05, 0) is 25.0 Å². The maximum Gasteiger partial charge on any atom is 0.428 e. The van der Waals surface area contributed by atoms with E-state index in [0.717, 1.165) is 0 Å². The summed E-state index contributed by atoms with van der Waals surface area (Å²) in [5, 5.41) is 12.1. The minimum Gasteiger partial charge on any atom is -0.394 e. The van der Waals surface area contributed by atoms with E-state index in [0.29, 0.717) is 17.5 Å². The highest BCUT2D eigenvalue weighted by Gasteiger charge is 2.28. The highest BCUT2D eigenvalue weighted by molar-refractivity contribution is 5.03. The van der Waals surface area contributed by atoms with Crippen molar-refractivity contribution in [2.45, 2.75) is 32.1 Å². The number of azide groups is 1. The smallest absolute Gasteiger partial charge is 0.394 e. The van der Waals surface area contributed by atoms with E-state index in [1.54, 1.807) is 0 Å². The lowest BCUT2D eigenvalue weighted by atomic mass is 10.2. The number of nitrogens with zero attached hydrogens (tertiary/aromatic N) is 5. The topological polar surface area (TPSA) is 122 Å². The minimum absolute atomic E-state index is 0.125. The molecule has 1 aliphatic rings. The van der Waals surface area contributed by atoms with Crippen LogP contribution in [-0.2, 0) is 4.74 Å². The third-order valence-corrected chi connectivity index (χ3v) is 2.99. The molecule has 9 heteroatoms. The Labute approximate surface area is 107 Å².